The smallest absolute Gasteiger partial charge is 0.323 e. The number of carboxylic acids is 1. The van der Waals surface area contributed by atoms with Gasteiger partial charge in [0, 0.05) is 25.2 Å². The number of amides is 2. The third-order valence-corrected chi connectivity index (χ3v) is 3.04. The normalized spacial score (nSPS) is 15.7. The molecule has 1 fully saturated rings. The molecule has 0 spiro atoms. The lowest BCUT2D eigenvalue weighted by molar-refractivity contribution is -0.159. The van der Waals surface area contributed by atoms with Gasteiger partial charge in [-0.05, 0) is 6.07 Å². The molecule has 7 heteroatoms. The number of nitrogens with zero attached hydrogens (tertiary/aromatic N) is 2. The maximum absolute atomic E-state index is 13.5. The number of piperazine rings is 1. The zero-order valence-electron chi connectivity index (χ0n) is 10.6. The van der Waals surface area contributed by atoms with E-state index < -0.39 is 30.1 Å². The van der Waals surface area contributed by atoms with Gasteiger partial charge in [0.05, 0.1) is 0 Å². The minimum absolute atomic E-state index is 0.00183. The lowest BCUT2D eigenvalue weighted by Crippen LogP contribution is -2.55. The highest BCUT2D eigenvalue weighted by atomic mass is 19.1. The number of benzene rings is 1. The first kappa shape index (κ1) is 14.0. The van der Waals surface area contributed by atoms with E-state index in [4.69, 9.17) is 5.11 Å². The zero-order chi connectivity index (χ0) is 14.7. The predicted molar refractivity (Wildman–Crippen MR) is 66.0 cm³/mol. The van der Waals surface area contributed by atoms with E-state index in [0.717, 1.165) is 4.90 Å². The molecule has 1 aromatic carbocycles. The summed E-state index contributed by atoms with van der Waals surface area (Å²) in [4.78, 5) is 36.3. The van der Waals surface area contributed by atoms with E-state index in [9.17, 15) is 18.8 Å². The first-order valence-corrected chi connectivity index (χ1v) is 6.02. The van der Waals surface area contributed by atoms with E-state index in [1.165, 1.54) is 23.1 Å². The first-order valence-electron chi connectivity index (χ1n) is 6.02. The number of carbonyl (C=O) groups excluding carboxylic acids is 2. The molecule has 0 radical (unpaired) electrons. The molecular formula is C13H13FN2O4. The SMILES string of the molecule is O=C(O)CN1CCN(Cc2ccccc2F)C(=O)C1=O. The second kappa shape index (κ2) is 5.68. The topological polar surface area (TPSA) is 77.9 Å². The standard InChI is InChI=1S/C13H13FN2O4/c14-10-4-2-1-3-9(10)7-15-5-6-16(8-11(17)18)13(20)12(15)19/h1-4H,5-8H2,(H,17,18). The Morgan fingerprint density at radius 3 is 2.40 bits per heavy atom. The molecule has 1 N–H and O–H groups in total. The Balaban J connectivity index is 2.06. The van der Waals surface area contributed by atoms with Crippen LogP contribution in [0.2, 0.25) is 0 Å². The summed E-state index contributed by atoms with van der Waals surface area (Å²) in [5.41, 5.74) is 0.320. The highest BCUT2D eigenvalue weighted by Gasteiger charge is 2.33. The summed E-state index contributed by atoms with van der Waals surface area (Å²) in [6.45, 7) is -0.187. The molecule has 0 aliphatic carbocycles. The van der Waals surface area contributed by atoms with Crippen LogP contribution in [0.1, 0.15) is 5.56 Å². The molecule has 0 saturated carbocycles. The Morgan fingerprint density at radius 1 is 1.15 bits per heavy atom. The maximum Gasteiger partial charge on any atom is 0.323 e. The Labute approximate surface area is 114 Å². The summed E-state index contributed by atoms with van der Waals surface area (Å²) in [5.74, 6) is -3.29. The van der Waals surface area contributed by atoms with Gasteiger partial charge in [0.15, 0.2) is 0 Å². The minimum atomic E-state index is -1.17. The lowest BCUT2D eigenvalue weighted by Gasteiger charge is -2.32. The second-order valence-electron chi connectivity index (χ2n) is 4.44. The first-order chi connectivity index (χ1) is 9.49. The van der Waals surface area contributed by atoms with E-state index >= 15 is 0 Å². The van der Waals surface area contributed by atoms with Gasteiger partial charge in [-0.15, -0.1) is 0 Å². The molecule has 2 amide bonds. The molecule has 0 unspecified atom stereocenters. The van der Waals surface area contributed by atoms with E-state index in [-0.39, 0.29) is 19.6 Å². The molecule has 0 aromatic heterocycles. The number of carbonyl (C=O) groups is 3. The zero-order valence-corrected chi connectivity index (χ0v) is 10.6. The quantitative estimate of drug-likeness (QED) is 0.792. The van der Waals surface area contributed by atoms with Crippen molar-refractivity contribution < 1.29 is 23.9 Å². The molecule has 0 atom stereocenters. The number of aliphatic carboxylic acids is 1. The monoisotopic (exact) mass is 280 g/mol. The summed E-state index contributed by atoms with van der Waals surface area (Å²) in [6.07, 6.45) is 0. The molecule has 1 aliphatic heterocycles. The summed E-state index contributed by atoms with van der Waals surface area (Å²) in [5, 5.41) is 8.64. The van der Waals surface area contributed by atoms with Gasteiger partial charge in [-0.1, -0.05) is 18.2 Å². The van der Waals surface area contributed by atoms with E-state index in [1.807, 2.05) is 0 Å². The van der Waals surface area contributed by atoms with Crippen LogP contribution in [0.5, 0.6) is 0 Å². The molecular weight excluding hydrogens is 267 g/mol. The molecule has 2 rings (SSSR count). The third kappa shape index (κ3) is 2.93. The fourth-order valence-corrected chi connectivity index (χ4v) is 2.01. The lowest BCUT2D eigenvalue weighted by atomic mass is 10.1. The van der Waals surface area contributed by atoms with Crippen molar-refractivity contribution >= 4 is 17.8 Å². The van der Waals surface area contributed by atoms with Crippen LogP contribution in [0.3, 0.4) is 0 Å². The van der Waals surface area contributed by atoms with Gasteiger partial charge in [0.2, 0.25) is 0 Å². The Bertz CT molecular complexity index is 561. The third-order valence-electron chi connectivity index (χ3n) is 3.04. The average molecular weight is 280 g/mol. The molecule has 106 valence electrons. The summed E-state index contributed by atoms with van der Waals surface area (Å²) in [7, 11) is 0. The summed E-state index contributed by atoms with van der Waals surface area (Å²) >= 11 is 0. The van der Waals surface area contributed by atoms with Crippen LogP contribution in [-0.4, -0.2) is 52.3 Å². The molecule has 1 heterocycles. The highest BCUT2D eigenvalue weighted by molar-refractivity contribution is 6.35. The fourth-order valence-electron chi connectivity index (χ4n) is 2.01. The largest absolute Gasteiger partial charge is 0.480 e. The van der Waals surface area contributed by atoms with Crippen molar-refractivity contribution in [1.82, 2.24) is 9.80 Å². The highest BCUT2D eigenvalue weighted by Crippen LogP contribution is 2.13. The predicted octanol–water partition coefficient (Wildman–Crippen LogP) is 0.0811. The van der Waals surface area contributed by atoms with Crippen LogP contribution in [0.15, 0.2) is 24.3 Å². The van der Waals surface area contributed by atoms with Crippen molar-refractivity contribution in [2.45, 2.75) is 6.54 Å². The van der Waals surface area contributed by atoms with Crippen LogP contribution >= 0.6 is 0 Å². The van der Waals surface area contributed by atoms with Crippen molar-refractivity contribution in [2.24, 2.45) is 0 Å². The minimum Gasteiger partial charge on any atom is -0.480 e. The van der Waals surface area contributed by atoms with E-state index in [1.54, 1.807) is 6.07 Å². The van der Waals surface area contributed by atoms with Crippen molar-refractivity contribution in [2.75, 3.05) is 19.6 Å². The molecule has 1 aliphatic rings. The van der Waals surface area contributed by atoms with Crippen molar-refractivity contribution in [3.8, 4) is 0 Å². The van der Waals surface area contributed by atoms with Gasteiger partial charge in [0.25, 0.3) is 0 Å². The van der Waals surface area contributed by atoms with Gasteiger partial charge in [0.1, 0.15) is 12.4 Å². The van der Waals surface area contributed by atoms with Crippen LogP contribution in [0.4, 0.5) is 4.39 Å². The fraction of sp³-hybridized carbons (Fsp3) is 0.308. The average Bonchev–Trinajstić information content (AvgIpc) is 2.40. The Hall–Kier alpha value is -2.44. The van der Waals surface area contributed by atoms with Gasteiger partial charge >= 0.3 is 17.8 Å². The van der Waals surface area contributed by atoms with E-state index in [0.29, 0.717) is 5.56 Å². The second-order valence-corrected chi connectivity index (χ2v) is 4.44. The summed E-state index contributed by atoms with van der Waals surface area (Å²) < 4.78 is 13.5. The van der Waals surface area contributed by atoms with Crippen LogP contribution in [0.25, 0.3) is 0 Å². The van der Waals surface area contributed by atoms with E-state index in [2.05, 4.69) is 0 Å². The van der Waals surface area contributed by atoms with Gasteiger partial charge in [-0.2, -0.15) is 0 Å². The number of hydrogen-bond donors (Lipinski definition) is 1. The van der Waals surface area contributed by atoms with Gasteiger partial charge in [-0.25, -0.2) is 4.39 Å². The Kier molecular flexibility index (Phi) is 3.97. The van der Waals surface area contributed by atoms with Crippen molar-refractivity contribution in [3.05, 3.63) is 35.6 Å². The molecule has 20 heavy (non-hydrogen) atoms. The number of halogens is 1. The van der Waals surface area contributed by atoms with Gasteiger partial charge in [-0.3, -0.25) is 14.4 Å². The van der Waals surface area contributed by atoms with Crippen LogP contribution in [0, 0.1) is 5.82 Å². The number of hydrogen-bond acceptors (Lipinski definition) is 3. The summed E-state index contributed by atoms with van der Waals surface area (Å²) in [6, 6.07) is 6.00. The maximum atomic E-state index is 13.5. The van der Waals surface area contributed by atoms with Crippen molar-refractivity contribution in [1.29, 1.82) is 0 Å². The molecule has 6 nitrogen and oxygen atoms in total. The number of rotatable bonds is 4. The van der Waals surface area contributed by atoms with Crippen LogP contribution < -0.4 is 0 Å². The van der Waals surface area contributed by atoms with Gasteiger partial charge < -0.3 is 14.9 Å². The molecule has 1 saturated heterocycles. The van der Waals surface area contributed by atoms with Crippen LogP contribution in [-0.2, 0) is 20.9 Å². The Morgan fingerprint density at radius 2 is 1.75 bits per heavy atom. The number of carboxylic acid groups (broad SMARTS) is 1. The molecule has 0 bridgehead atoms. The van der Waals surface area contributed by atoms with Crippen molar-refractivity contribution in [3.63, 3.8) is 0 Å². The molecule has 1 aromatic rings.